The number of amides is 4. The first-order valence-electron chi connectivity index (χ1n) is 8.87. The second-order valence-electron chi connectivity index (χ2n) is 6.57. The maximum absolute atomic E-state index is 12.9. The minimum Gasteiger partial charge on any atom is -0.457 e. The van der Waals surface area contributed by atoms with E-state index in [2.05, 4.69) is 5.32 Å². The van der Waals surface area contributed by atoms with Crippen LogP contribution in [0.1, 0.15) is 11.3 Å². The first-order valence-corrected chi connectivity index (χ1v) is 9.63. The molecule has 0 radical (unpaired) electrons. The molecule has 0 aliphatic carbocycles. The molecular weight excluding hydrogens is 427 g/mol. The summed E-state index contributed by atoms with van der Waals surface area (Å²) in [6.45, 7) is 1.80. The van der Waals surface area contributed by atoms with Gasteiger partial charge in [-0.2, -0.15) is 0 Å². The van der Waals surface area contributed by atoms with Crippen LogP contribution < -0.4 is 10.2 Å². The van der Waals surface area contributed by atoms with Crippen LogP contribution in [0.3, 0.4) is 0 Å². The predicted octanol–water partition coefficient (Wildman–Crippen LogP) is 5.23. The minimum atomic E-state index is -0.849. The summed E-state index contributed by atoms with van der Waals surface area (Å²) in [5.74, 6) is -0.844. The van der Waals surface area contributed by atoms with E-state index in [4.69, 9.17) is 27.6 Å². The number of benzene rings is 2. The fraction of sp³-hybridized carbons (Fsp3) is 0.0455. The molecule has 0 spiro atoms. The number of nitrogens with one attached hydrogen (secondary N) is 1. The molecule has 4 rings (SSSR count). The number of carbonyl (C=O) groups is 3. The number of urea groups is 1. The molecule has 1 aliphatic rings. The number of furan rings is 1. The lowest BCUT2D eigenvalue weighted by Crippen LogP contribution is -2.54. The zero-order chi connectivity index (χ0) is 21.4. The molecule has 1 N–H and O–H groups in total. The molecule has 0 unspecified atom stereocenters. The highest BCUT2D eigenvalue weighted by atomic mass is 35.5. The van der Waals surface area contributed by atoms with E-state index in [1.807, 2.05) is 6.07 Å². The zero-order valence-corrected chi connectivity index (χ0v) is 17.1. The second kappa shape index (κ2) is 7.82. The van der Waals surface area contributed by atoms with Crippen molar-refractivity contribution in [2.75, 3.05) is 4.90 Å². The van der Waals surface area contributed by atoms with E-state index in [-0.39, 0.29) is 17.0 Å². The maximum atomic E-state index is 12.9. The molecule has 3 aromatic rings. The van der Waals surface area contributed by atoms with Crippen molar-refractivity contribution in [2.45, 2.75) is 6.92 Å². The third-order valence-electron chi connectivity index (χ3n) is 4.57. The van der Waals surface area contributed by atoms with Gasteiger partial charge in [0.15, 0.2) is 0 Å². The Morgan fingerprint density at radius 1 is 0.967 bits per heavy atom. The van der Waals surface area contributed by atoms with E-state index in [0.717, 1.165) is 10.5 Å². The number of rotatable bonds is 3. The second-order valence-corrected chi connectivity index (χ2v) is 7.39. The summed E-state index contributed by atoms with van der Waals surface area (Å²) in [5.41, 5.74) is 1.48. The van der Waals surface area contributed by atoms with Crippen LogP contribution in [0.15, 0.2) is 64.6 Å². The normalized spacial score (nSPS) is 15.6. The number of carbonyl (C=O) groups excluding carboxylic acids is 3. The van der Waals surface area contributed by atoms with Gasteiger partial charge in [-0.1, -0.05) is 41.4 Å². The highest BCUT2D eigenvalue weighted by Gasteiger charge is 2.37. The van der Waals surface area contributed by atoms with Crippen molar-refractivity contribution in [3.05, 3.63) is 81.5 Å². The van der Waals surface area contributed by atoms with Crippen LogP contribution in [0, 0.1) is 6.92 Å². The summed E-state index contributed by atoms with van der Waals surface area (Å²) in [5, 5.41) is 3.06. The van der Waals surface area contributed by atoms with Gasteiger partial charge in [0.1, 0.15) is 17.1 Å². The standard InChI is InChI=1S/C22H14Cl2N2O4/c1-12-6-7-13(10-18(12)24)26-21(28)16(20(27)25-22(26)29)11-14-8-9-19(30-14)15-4-2-3-5-17(15)23/h2-11H,1H3,(H,25,27,29)/b16-11+. The molecule has 6 nitrogen and oxygen atoms in total. The Bertz CT molecular complexity index is 1230. The number of hydrogen-bond donors (Lipinski definition) is 1. The van der Waals surface area contributed by atoms with E-state index in [1.165, 1.54) is 12.1 Å². The number of barbiturate groups is 1. The third kappa shape index (κ3) is 3.63. The smallest absolute Gasteiger partial charge is 0.335 e. The number of imide groups is 2. The van der Waals surface area contributed by atoms with Crippen LogP contribution in [-0.4, -0.2) is 17.8 Å². The van der Waals surface area contributed by atoms with Crippen LogP contribution in [0.5, 0.6) is 0 Å². The highest BCUT2D eigenvalue weighted by Crippen LogP contribution is 2.31. The number of anilines is 1. The summed E-state index contributed by atoms with van der Waals surface area (Å²) in [4.78, 5) is 38.4. The number of halogens is 2. The number of aryl methyl sites for hydroxylation is 1. The van der Waals surface area contributed by atoms with Gasteiger partial charge < -0.3 is 4.42 Å². The van der Waals surface area contributed by atoms with Gasteiger partial charge in [0.05, 0.1) is 10.7 Å². The zero-order valence-electron chi connectivity index (χ0n) is 15.6. The molecule has 150 valence electrons. The largest absolute Gasteiger partial charge is 0.457 e. The van der Waals surface area contributed by atoms with Crippen LogP contribution in [0.2, 0.25) is 10.0 Å². The SMILES string of the molecule is Cc1ccc(N2C(=O)NC(=O)/C(=C\c3ccc(-c4ccccc4Cl)o3)C2=O)cc1Cl. The Hall–Kier alpha value is -3.35. The molecule has 1 aliphatic heterocycles. The van der Waals surface area contributed by atoms with Gasteiger partial charge in [-0.15, -0.1) is 0 Å². The van der Waals surface area contributed by atoms with Crippen molar-refractivity contribution in [1.29, 1.82) is 0 Å². The highest BCUT2D eigenvalue weighted by molar-refractivity contribution is 6.39. The minimum absolute atomic E-state index is 0.244. The van der Waals surface area contributed by atoms with E-state index >= 15 is 0 Å². The third-order valence-corrected chi connectivity index (χ3v) is 5.30. The van der Waals surface area contributed by atoms with Crippen molar-refractivity contribution in [3.8, 4) is 11.3 Å². The average Bonchev–Trinajstić information content (AvgIpc) is 3.16. The van der Waals surface area contributed by atoms with Gasteiger partial charge in [0.25, 0.3) is 11.8 Å². The summed E-state index contributed by atoms with van der Waals surface area (Å²) in [6.07, 6.45) is 1.28. The van der Waals surface area contributed by atoms with E-state index < -0.39 is 17.8 Å². The number of nitrogens with zero attached hydrogens (tertiary/aromatic N) is 1. The van der Waals surface area contributed by atoms with Gasteiger partial charge in [-0.05, 0) is 55.0 Å². The van der Waals surface area contributed by atoms with Crippen molar-refractivity contribution < 1.29 is 18.8 Å². The summed E-state index contributed by atoms with van der Waals surface area (Å²) >= 11 is 12.3. The number of hydrogen-bond acceptors (Lipinski definition) is 4. The Balaban J connectivity index is 1.70. The molecular formula is C22H14Cl2N2O4. The molecule has 8 heteroatoms. The van der Waals surface area contributed by atoms with Crippen molar-refractivity contribution in [2.24, 2.45) is 0 Å². The summed E-state index contributed by atoms with van der Waals surface area (Å²) in [6, 6.07) is 14.3. The van der Waals surface area contributed by atoms with E-state index in [0.29, 0.717) is 21.4 Å². The molecule has 0 bridgehead atoms. The molecule has 2 heterocycles. The predicted molar refractivity (Wildman–Crippen MR) is 114 cm³/mol. The molecule has 1 saturated heterocycles. The lowest BCUT2D eigenvalue weighted by molar-refractivity contribution is -0.122. The first-order chi connectivity index (χ1) is 14.3. The van der Waals surface area contributed by atoms with Crippen LogP contribution in [-0.2, 0) is 9.59 Å². The fourth-order valence-corrected chi connectivity index (χ4v) is 3.39. The first kappa shape index (κ1) is 19.9. The molecule has 2 aromatic carbocycles. The summed E-state index contributed by atoms with van der Waals surface area (Å²) < 4.78 is 5.73. The molecule has 0 atom stereocenters. The van der Waals surface area contributed by atoms with Crippen LogP contribution in [0.4, 0.5) is 10.5 Å². The molecule has 0 saturated carbocycles. The fourth-order valence-electron chi connectivity index (χ4n) is 2.99. The molecule has 1 fully saturated rings. The Labute approximate surface area is 181 Å². The van der Waals surface area contributed by atoms with Gasteiger partial charge in [-0.3, -0.25) is 14.9 Å². The quantitative estimate of drug-likeness (QED) is 0.446. The summed E-state index contributed by atoms with van der Waals surface area (Å²) in [7, 11) is 0. The lowest BCUT2D eigenvalue weighted by atomic mass is 10.1. The van der Waals surface area contributed by atoms with Gasteiger partial charge in [0, 0.05) is 10.6 Å². The van der Waals surface area contributed by atoms with Crippen molar-refractivity contribution in [1.82, 2.24) is 5.32 Å². The van der Waals surface area contributed by atoms with Gasteiger partial charge in [0.2, 0.25) is 0 Å². The molecule has 4 amide bonds. The average molecular weight is 441 g/mol. The Morgan fingerprint density at radius 2 is 1.73 bits per heavy atom. The Morgan fingerprint density at radius 3 is 2.47 bits per heavy atom. The van der Waals surface area contributed by atoms with E-state index in [9.17, 15) is 14.4 Å². The van der Waals surface area contributed by atoms with Crippen LogP contribution in [0.25, 0.3) is 17.4 Å². The molecule has 30 heavy (non-hydrogen) atoms. The van der Waals surface area contributed by atoms with Crippen molar-refractivity contribution in [3.63, 3.8) is 0 Å². The van der Waals surface area contributed by atoms with Gasteiger partial charge >= 0.3 is 6.03 Å². The molecule has 1 aromatic heterocycles. The monoisotopic (exact) mass is 440 g/mol. The topological polar surface area (TPSA) is 79.6 Å². The van der Waals surface area contributed by atoms with E-state index in [1.54, 1.807) is 49.4 Å². The van der Waals surface area contributed by atoms with Crippen LogP contribution >= 0.6 is 23.2 Å². The maximum Gasteiger partial charge on any atom is 0.335 e. The van der Waals surface area contributed by atoms with Crippen molar-refractivity contribution >= 4 is 52.8 Å². The van der Waals surface area contributed by atoms with Gasteiger partial charge in [-0.25, -0.2) is 9.69 Å². The lowest BCUT2D eigenvalue weighted by Gasteiger charge is -2.26. The Kier molecular flexibility index (Phi) is 5.20.